The largest absolute Gasteiger partial charge is 0.329 e. The molecule has 0 bridgehead atoms. The highest BCUT2D eigenvalue weighted by molar-refractivity contribution is 6.42. The molecule has 1 saturated heterocycles. The molecule has 0 aromatic heterocycles. The van der Waals surface area contributed by atoms with Gasteiger partial charge in [0.15, 0.2) is 0 Å². The van der Waals surface area contributed by atoms with E-state index in [9.17, 15) is 0 Å². The summed E-state index contributed by atoms with van der Waals surface area (Å²) in [6, 6.07) is 6.09. The number of piperidine rings is 1. The van der Waals surface area contributed by atoms with Crippen LogP contribution in [0.1, 0.15) is 30.9 Å². The maximum atomic E-state index is 6.06. The average molecular weight is 273 g/mol. The summed E-state index contributed by atoms with van der Waals surface area (Å²) < 4.78 is 0. The van der Waals surface area contributed by atoms with Gasteiger partial charge < -0.3 is 5.73 Å². The Kier molecular flexibility index (Phi) is 4.69. The third kappa shape index (κ3) is 3.14. The number of benzene rings is 1. The molecule has 0 saturated carbocycles. The molecule has 0 amide bonds. The number of nitrogens with zero attached hydrogens (tertiary/aromatic N) is 1. The molecule has 17 heavy (non-hydrogen) atoms. The van der Waals surface area contributed by atoms with Crippen molar-refractivity contribution in [2.75, 3.05) is 19.6 Å². The van der Waals surface area contributed by atoms with Gasteiger partial charge >= 0.3 is 0 Å². The summed E-state index contributed by atoms with van der Waals surface area (Å²) in [7, 11) is 0. The molecule has 1 fully saturated rings. The lowest BCUT2D eigenvalue weighted by atomic mass is 10.0. The van der Waals surface area contributed by atoms with E-state index in [1.54, 1.807) is 0 Å². The molecule has 4 heteroatoms. The van der Waals surface area contributed by atoms with E-state index in [-0.39, 0.29) is 6.04 Å². The van der Waals surface area contributed by atoms with E-state index in [4.69, 9.17) is 28.9 Å². The molecule has 1 aliphatic rings. The number of likely N-dealkylation sites (tertiary alicyclic amines) is 1. The number of nitrogens with two attached hydrogens (primary N) is 1. The van der Waals surface area contributed by atoms with Gasteiger partial charge in [-0.2, -0.15) is 0 Å². The van der Waals surface area contributed by atoms with Crippen molar-refractivity contribution in [2.24, 2.45) is 5.73 Å². The van der Waals surface area contributed by atoms with Crippen LogP contribution < -0.4 is 5.73 Å². The molecule has 0 aliphatic carbocycles. The molecule has 1 unspecified atom stereocenters. The van der Waals surface area contributed by atoms with Crippen molar-refractivity contribution in [2.45, 2.75) is 25.3 Å². The zero-order valence-electron chi connectivity index (χ0n) is 9.83. The lowest BCUT2D eigenvalue weighted by Gasteiger charge is -2.34. The van der Waals surface area contributed by atoms with Crippen molar-refractivity contribution in [3.05, 3.63) is 33.8 Å². The molecule has 1 atom stereocenters. The first-order valence-electron chi connectivity index (χ1n) is 6.11. The number of hydrogen-bond donors (Lipinski definition) is 1. The first kappa shape index (κ1) is 13.2. The van der Waals surface area contributed by atoms with Crippen LogP contribution in [0.15, 0.2) is 18.2 Å². The molecule has 94 valence electrons. The maximum Gasteiger partial charge on any atom is 0.0595 e. The summed E-state index contributed by atoms with van der Waals surface area (Å²) in [4.78, 5) is 2.45. The van der Waals surface area contributed by atoms with Gasteiger partial charge in [0, 0.05) is 12.6 Å². The zero-order chi connectivity index (χ0) is 12.3. The van der Waals surface area contributed by atoms with Gasteiger partial charge in [-0.25, -0.2) is 0 Å². The predicted molar refractivity (Wildman–Crippen MR) is 73.7 cm³/mol. The highest BCUT2D eigenvalue weighted by Crippen LogP contribution is 2.29. The van der Waals surface area contributed by atoms with E-state index < -0.39 is 0 Å². The Morgan fingerprint density at radius 2 is 1.82 bits per heavy atom. The first-order valence-corrected chi connectivity index (χ1v) is 6.87. The predicted octanol–water partition coefficient (Wildman–Crippen LogP) is 3.48. The minimum atomic E-state index is 0.269. The van der Waals surface area contributed by atoms with E-state index in [2.05, 4.69) is 4.90 Å². The van der Waals surface area contributed by atoms with Gasteiger partial charge in [0.1, 0.15) is 0 Å². The van der Waals surface area contributed by atoms with E-state index in [0.717, 1.165) is 13.1 Å². The zero-order valence-corrected chi connectivity index (χ0v) is 11.3. The summed E-state index contributed by atoms with van der Waals surface area (Å²) in [6.45, 7) is 2.88. The molecule has 1 aromatic rings. The Bertz CT molecular complexity index is 376. The second-order valence-electron chi connectivity index (χ2n) is 4.52. The topological polar surface area (TPSA) is 29.3 Å². The average Bonchev–Trinajstić information content (AvgIpc) is 2.36. The molecule has 1 heterocycles. The van der Waals surface area contributed by atoms with Crippen molar-refractivity contribution < 1.29 is 0 Å². The molecule has 1 aliphatic heterocycles. The van der Waals surface area contributed by atoms with Crippen molar-refractivity contribution in [1.29, 1.82) is 0 Å². The van der Waals surface area contributed by atoms with Crippen LogP contribution in [0.2, 0.25) is 10.0 Å². The fraction of sp³-hybridized carbons (Fsp3) is 0.538. The van der Waals surface area contributed by atoms with Crippen LogP contribution in [-0.2, 0) is 0 Å². The molecule has 2 N–H and O–H groups in total. The number of rotatable bonds is 3. The van der Waals surface area contributed by atoms with E-state index in [1.165, 1.54) is 24.8 Å². The van der Waals surface area contributed by atoms with Crippen molar-refractivity contribution in [1.82, 2.24) is 4.90 Å². The highest BCUT2D eigenvalue weighted by Gasteiger charge is 2.21. The van der Waals surface area contributed by atoms with Gasteiger partial charge in [-0.15, -0.1) is 0 Å². The van der Waals surface area contributed by atoms with Gasteiger partial charge in [-0.3, -0.25) is 4.90 Å². The molecule has 0 spiro atoms. The van der Waals surface area contributed by atoms with Crippen LogP contribution in [0.5, 0.6) is 0 Å². The van der Waals surface area contributed by atoms with Crippen LogP contribution in [0.25, 0.3) is 0 Å². The van der Waals surface area contributed by atoms with Crippen molar-refractivity contribution >= 4 is 23.2 Å². The smallest absolute Gasteiger partial charge is 0.0595 e. The molecule has 1 aromatic carbocycles. The maximum absolute atomic E-state index is 6.06. The number of hydrogen-bond acceptors (Lipinski definition) is 2. The van der Waals surface area contributed by atoms with Crippen LogP contribution in [-0.4, -0.2) is 24.5 Å². The van der Waals surface area contributed by atoms with E-state index in [0.29, 0.717) is 16.6 Å². The Morgan fingerprint density at radius 3 is 2.41 bits per heavy atom. The molecule has 2 nitrogen and oxygen atoms in total. The monoisotopic (exact) mass is 272 g/mol. The minimum absolute atomic E-state index is 0.269. The lowest BCUT2D eigenvalue weighted by molar-refractivity contribution is 0.167. The summed E-state index contributed by atoms with van der Waals surface area (Å²) >= 11 is 12.0. The van der Waals surface area contributed by atoms with Crippen LogP contribution >= 0.6 is 23.2 Å². The Balaban J connectivity index is 2.18. The highest BCUT2D eigenvalue weighted by atomic mass is 35.5. The minimum Gasteiger partial charge on any atom is -0.329 e. The molecule has 0 radical (unpaired) electrons. The summed E-state index contributed by atoms with van der Waals surface area (Å²) in [6.07, 6.45) is 3.85. The summed E-state index contributed by atoms with van der Waals surface area (Å²) in [5.41, 5.74) is 7.08. The summed E-state index contributed by atoms with van der Waals surface area (Å²) in [5, 5.41) is 1.21. The van der Waals surface area contributed by atoms with Gasteiger partial charge in [-0.05, 0) is 43.6 Å². The van der Waals surface area contributed by atoms with Gasteiger partial charge in [0.25, 0.3) is 0 Å². The third-order valence-electron chi connectivity index (χ3n) is 3.38. The standard InChI is InChI=1S/C13H18Cl2N2/c14-11-5-4-10(8-12(11)15)13(9-16)17-6-2-1-3-7-17/h4-5,8,13H,1-3,6-7,9,16H2. The lowest BCUT2D eigenvalue weighted by Crippen LogP contribution is -2.37. The molecule has 2 rings (SSSR count). The third-order valence-corrected chi connectivity index (χ3v) is 4.12. The van der Waals surface area contributed by atoms with Gasteiger partial charge in [0.05, 0.1) is 10.0 Å². The summed E-state index contributed by atoms with van der Waals surface area (Å²) in [5.74, 6) is 0. The van der Waals surface area contributed by atoms with Crippen LogP contribution in [0.3, 0.4) is 0 Å². The Morgan fingerprint density at radius 1 is 1.12 bits per heavy atom. The Hall–Kier alpha value is -0.280. The fourth-order valence-electron chi connectivity index (χ4n) is 2.45. The Labute approximate surface area is 113 Å². The fourth-order valence-corrected chi connectivity index (χ4v) is 2.75. The second-order valence-corrected chi connectivity index (χ2v) is 5.34. The van der Waals surface area contributed by atoms with Crippen LogP contribution in [0, 0.1) is 0 Å². The second kappa shape index (κ2) is 6.05. The van der Waals surface area contributed by atoms with E-state index in [1.807, 2.05) is 18.2 Å². The quantitative estimate of drug-likeness (QED) is 0.913. The SMILES string of the molecule is NCC(c1ccc(Cl)c(Cl)c1)N1CCCCC1. The number of halogens is 2. The van der Waals surface area contributed by atoms with Gasteiger partial charge in [0.2, 0.25) is 0 Å². The molecular formula is C13H18Cl2N2. The first-order chi connectivity index (χ1) is 8.22. The van der Waals surface area contributed by atoms with Crippen molar-refractivity contribution in [3.63, 3.8) is 0 Å². The normalized spacial score (nSPS) is 19.2. The van der Waals surface area contributed by atoms with Crippen molar-refractivity contribution in [3.8, 4) is 0 Å². The van der Waals surface area contributed by atoms with Crippen LogP contribution in [0.4, 0.5) is 0 Å². The molecular weight excluding hydrogens is 255 g/mol. The van der Waals surface area contributed by atoms with E-state index >= 15 is 0 Å². The van der Waals surface area contributed by atoms with Gasteiger partial charge in [-0.1, -0.05) is 35.7 Å².